The molecule has 0 spiro atoms. The number of nitrogens with zero attached hydrogens (tertiary/aromatic N) is 2. The first-order chi connectivity index (χ1) is 13.1. The van der Waals surface area contributed by atoms with Gasteiger partial charge in [0.25, 0.3) is 5.56 Å². The molecule has 1 atom stereocenters. The van der Waals surface area contributed by atoms with Crippen LogP contribution in [0.15, 0.2) is 35.1 Å². The van der Waals surface area contributed by atoms with Gasteiger partial charge in [-0.3, -0.25) is 14.6 Å². The normalized spacial score (nSPS) is 19.7. The van der Waals surface area contributed by atoms with Gasteiger partial charge in [0.05, 0.1) is 0 Å². The Hall–Kier alpha value is -2.83. The van der Waals surface area contributed by atoms with Gasteiger partial charge in [0.1, 0.15) is 5.82 Å². The number of aromatic nitrogens is 2. The van der Waals surface area contributed by atoms with Crippen molar-refractivity contribution >= 4 is 17.7 Å². The van der Waals surface area contributed by atoms with Crippen LogP contribution in [0.25, 0.3) is 0 Å². The summed E-state index contributed by atoms with van der Waals surface area (Å²) in [6.45, 7) is 1.49. The highest BCUT2D eigenvalue weighted by molar-refractivity contribution is 5.77. The van der Waals surface area contributed by atoms with Gasteiger partial charge in [0.2, 0.25) is 11.9 Å². The summed E-state index contributed by atoms with van der Waals surface area (Å²) in [6.07, 6.45) is 4.35. The van der Waals surface area contributed by atoms with Gasteiger partial charge in [-0.05, 0) is 42.7 Å². The molecule has 1 saturated heterocycles. The van der Waals surface area contributed by atoms with Crippen LogP contribution in [-0.4, -0.2) is 35.0 Å². The third-order valence-corrected chi connectivity index (χ3v) is 5.62. The number of aryl methyl sites for hydroxylation is 1. The molecule has 4 N–H and O–H groups in total. The predicted molar refractivity (Wildman–Crippen MR) is 105 cm³/mol. The van der Waals surface area contributed by atoms with Crippen LogP contribution in [0.5, 0.6) is 0 Å². The van der Waals surface area contributed by atoms with Gasteiger partial charge in [0.15, 0.2) is 0 Å². The van der Waals surface area contributed by atoms with E-state index in [0.29, 0.717) is 18.2 Å². The zero-order valence-electron chi connectivity index (χ0n) is 15.3. The number of amides is 1. The maximum Gasteiger partial charge on any atom is 0.254 e. The Kier molecular flexibility index (Phi) is 4.83. The molecule has 2 aromatic rings. The fourth-order valence-corrected chi connectivity index (χ4v) is 4.25. The summed E-state index contributed by atoms with van der Waals surface area (Å²) in [5, 5.41) is 3.19. The van der Waals surface area contributed by atoms with Crippen LogP contribution in [0.3, 0.4) is 0 Å². The maximum atomic E-state index is 12.5. The van der Waals surface area contributed by atoms with E-state index in [2.05, 4.69) is 39.6 Å². The Morgan fingerprint density at radius 1 is 1.26 bits per heavy atom. The number of carbonyl (C=O) groups excluding carboxylic acids is 1. The van der Waals surface area contributed by atoms with Gasteiger partial charge in [-0.1, -0.05) is 24.3 Å². The lowest BCUT2D eigenvalue weighted by molar-refractivity contribution is -0.122. The maximum absolute atomic E-state index is 12.5. The van der Waals surface area contributed by atoms with Crippen molar-refractivity contribution in [2.45, 2.75) is 44.1 Å². The number of hydrogen-bond donors (Lipinski definition) is 3. The summed E-state index contributed by atoms with van der Waals surface area (Å²) in [5.74, 6) is 1.20. The number of piperidine rings is 1. The van der Waals surface area contributed by atoms with E-state index in [0.717, 1.165) is 38.8 Å². The van der Waals surface area contributed by atoms with E-state index >= 15 is 0 Å². The fourth-order valence-electron chi connectivity index (χ4n) is 4.25. The lowest BCUT2D eigenvalue weighted by Gasteiger charge is -2.33. The number of benzene rings is 1. The molecule has 2 aliphatic rings. The van der Waals surface area contributed by atoms with Crippen molar-refractivity contribution in [2.24, 2.45) is 0 Å². The molecule has 1 fully saturated rings. The average Bonchev–Trinajstić information content (AvgIpc) is 3.04. The summed E-state index contributed by atoms with van der Waals surface area (Å²) in [5.41, 5.74) is 8.09. The quantitative estimate of drug-likeness (QED) is 0.761. The highest BCUT2D eigenvalue weighted by atomic mass is 16.1. The first kappa shape index (κ1) is 17.6. The second-order valence-electron chi connectivity index (χ2n) is 7.46. The van der Waals surface area contributed by atoms with Crippen LogP contribution in [-0.2, 0) is 11.2 Å². The molecular weight excluding hydrogens is 342 g/mol. The van der Waals surface area contributed by atoms with Crippen molar-refractivity contribution in [3.63, 3.8) is 0 Å². The Labute approximate surface area is 158 Å². The zero-order valence-corrected chi connectivity index (χ0v) is 15.3. The summed E-state index contributed by atoms with van der Waals surface area (Å²) in [7, 11) is 0. The standard InChI is InChI=1S/C20H25N5O2/c21-20-23-17(12-19(27)24-20)25-9-7-15(8-10-25)22-18(26)11-14-6-5-13-3-1-2-4-16(13)14/h1-4,12,14-15H,5-11H2,(H,22,26)(H3,21,23,24,27)/t14-/m1/s1. The minimum absolute atomic E-state index is 0.129. The minimum atomic E-state index is -0.246. The Morgan fingerprint density at radius 3 is 2.81 bits per heavy atom. The Morgan fingerprint density at radius 2 is 2.04 bits per heavy atom. The number of nitrogens with one attached hydrogen (secondary N) is 2. The van der Waals surface area contributed by atoms with Crippen LogP contribution in [0, 0.1) is 0 Å². The van der Waals surface area contributed by atoms with Crippen LogP contribution in [0.1, 0.15) is 42.7 Å². The summed E-state index contributed by atoms with van der Waals surface area (Å²) in [6, 6.07) is 10.1. The highest BCUT2D eigenvalue weighted by Crippen LogP contribution is 2.35. The number of carbonyl (C=O) groups is 1. The van der Waals surface area contributed by atoms with Gasteiger partial charge >= 0.3 is 0 Å². The van der Waals surface area contributed by atoms with Gasteiger partial charge in [-0.2, -0.15) is 4.98 Å². The highest BCUT2D eigenvalue weighted by Gasteiger charge is 2.26. The smallest absolute Gasteiger partial charge is 0.254 e. The molecule has 0 radical (unpaired) electrons. The topological polar surface area (TPSA) is 104 Å². The van der Waals surface area contributed by atoms with Crippen molar-refractivity contribution in [1.82, 2.24) is 15.3 Å². The number of hydrogen-bond acceptors (Lipinski definition) is 5. The van der Waals surface area contributed by atoms with E-state index in [1.54, 1.807) is 0 Å². The van der Waals surface area contributed by atoms with Gasteiger partial charge in [-0.15, -0.1) is 0 Å². The molecule has 1 amide bonds. The molecule has 1 aromatic carbocycles. The van der Waals surface area contributed by atoms with Crippen molar-refractivity contribution in [2.75, 3.05) is 23.7 Å². The molecule has 0 unspecified atom stereocenters. The van der Waals surface area contributed by atoms with E-state index < -0.39 is 0 Å². The first-order valence-corrected chi connectivity index (χ1v) is 9.57. The summed E-state index contributed by atoms with van der Waals surface area (Å²) < 4.78 is 0. The van der Waals surface area contributed by atoms with Crippen molar-refractivity contribution < 1.29 is 4.79 Å². The third-order valence-electron chi connectivity index (χ3n) is 5.62. The van der Waals surface area contributed by atoms with Crippen LogP contribution in [0.4, 0.5) is 11.8 Å². The molecule has 0 bridgehead atoms. The lowest BCUT2D eigenvalue weighted by atomic mass is 9.97. The molecule has 0 saturated carbocycles. The number of H-pyrrole nitrogens is 1. The molecule has 2 heterocycles. The van der Waals surface area contributed by atoms with E-state index in [4.69, 9.17) is 5.73 Å². The largest absolute Gasteiger partial charge is 0.369 e. The molecule has 1 aliphatic carbocycles. The molecule has 4 rings (SSSR count). The number of nitrogen functional groups attached to an aromatic ring is 1. The molecular formula is C20H25N5O2. The number of fused-ring (bicyclic) bond motifs is 1. The van der Waals surface area contributed by atoms with Gasteiger partial charge in [0, 0.05) is 31.6 Å². The first-order valence-electron chi connectivity index (χ1n) is 9.57. The SMILES string of the molecule is Nc1nc(N2CCC(NC(=O)C[C@H]3CCc4ccccc43)CC2)cc(=O)[nH]1. The molecule has 142 valence electrons. The molecule has 7 nitrogen and oxygen atoms in total. The summed E-state index contributed by atoms with van der Waals surface area (Å²) in [4.78, 5) is 32.8. The predicted octanol–water partition coefficient (Wildman–Crippen LogP) is 1.56. The number of nitrogens with two attached hydrogens (primary N) is 1. The van der Waals surface area contributed by atoms with Crippen molar-refractivity contribution in [3.8, 4) is 0 Å². The van der Waals surface area contributed by atoms with Gasteiger partial charge < -0.3 is 16.0 Å². The van der Waals surface area contributed by atoms with Crippen LogP contribution >= 0.6 is 0 Å². The second-order valence-corrected chi connectivity index (χ2v) is 7.46. The number of aromatic amines is 1. The number of rotatable bonds is 4. The third kappa shape index (κ3) is 3.97. The lowest BCUT2D eigenvalue weighted by Crippen LogP contribution is -2.45. The summed E-state index contributed by atoms with van der Waals surface area (Å²) >= 11 is 0. The molecule has 7 heteroatoms. The molecule has 27 heavy (non-hydrogen) atoms. The van der Waals surface area contributed by atoms with Crippen LogP contribution in [0.2, 0.25) is 0 Å². The van der Waals surface area contributed by atoms with E-state index in [1.807, 2.05) is 4.90 Å². The molecule has 1 aliphatic heterocycles. The van der Waals surface area contributed by atoms with Crippen molar-refractivity contribution in [3.05, 3.63) is 51.8 Å². The minimum Gasteiger partial charge on any atom is -0.369 e. The Bertz CT molecular complexity index is 886. The average molecular weight is 367 g/mol. The Balaban J connectivity index is 1.29. The van der Waals surface area contributed by atoms with E-state index in [9.17, 15) is 9.59 Å². The molecule has 1 aromatic heterocycles. The van der Waals surface area contributed by atoms with Crippen molar-refractivity contribution in [1.29, 1.82) is 0 Å². The fraction of sp³-hybridized carbons (Fsp3) is 0.450. The monoisotopic (exact) mass is 367 g/mol. The van der Waals surface area contributed by atoms with E-state index in [-0.39, 0.29) is 23.5 Å². The zero-order chi connectivity index (χ0) is 18.8. The van der Waals surface area contributed by atoms with Gasteiger partial charge in [-0.25, -0.2) is 0 Å². The van der Waals surface area contributed by atoms with Crippen LogP contribution < -0.4 is 21.5 Å². The second kappa shape index (κ2) is 7.42. The number of anilines is 2. The van der Waals surface area contributed by atoms with E-state index in [1.165, 1.54) is 17.2 Å².